The van der Waals surface area contributed by atoms with Crippen molar-refractivity contribution in [2.45, 2.75) is 13.4 Å². The Morgan fingerprint density at radius 2 is 2.10 bits per heavy atom. The quantitative estimate of drug-likeness (QED) is 0.613. The van der Waals surface area contributed by atoms with Crippen LogP contribution in [0.15, 0.2) is 36.4 Å². The second-order valence-electron chi connectivity index (χ2n) is 4.44. The first-order chi connectivity index (χ1) is 9.26. The normalized spacial score (nSPS) is 12.3. The van der Waals surface area contributed by atoms with Crippen LogP contribution >= 0.6 is 0 Å². The van der Waals surface area contributed by atoms with Crippen LogP contribution in [0.1, 0.15) is 5.56 Å². The molecule has 3 rings (SSSR count). The molecule has 0 aromatic heterocycles. The van der Waals surface area contributed by atoms with Gasteiger partial charge in [0.05, 0.1) is 6.57 Å². The third-order valence-electron chi connectivity index (χ3n) is 3.17. The van der Waals surface area contributed by atoms with Crippen LogP contribution in [-0.4, -0.2) is 6.92 Å². The van der Waals surface area contributed by atoms with Gasteiger partial charge in [0.15, 0.2) is 5.69 Å². The first kappa shape index (κ1) is 14.8. The van der Waals surface area contributed by atoms with E-state index in [1.807, 2.05) is 19.0 Å². The summed E-state index contributed by atoms with van der Waals surface area (Å²) in [5.41, 5.74) is 2.93. The van der Waals surface area contributed by atoms with Gasteiger partial charge in [-0.25, -0.2) is 4.85 Å². The number of hydrogen-bond donors (Lipinski definition) is 0. The number of hydrogen-bond acceptors (Lipinski definition) is 2. The van der Waals surface area contributed by atoms with E-state index >= 15 is 0 Å². The average molecular weight is 351 g/mol. The number of rotatable bonds is 2. The van der Waals surface area contributed by atoms with Crippen LogP contribution in [-0.2, 0) is 30.7 Å². The van der Waals surface area contributed by atoms with Gasteiger partial charge in [-0.1, -0.05) is 19.0 Å². The second kappa shape index (κ2) is 6.22. The predicted molar refractivity (Wildman–Crippen MR) is 74.1 cm³/mol. The summed E-state index contributed by atoms with van der Waals surface area (Å²) in [4.78, 5) is 3.34. The third kappa shape index (κ3) is 2.93. The fourth-order valence-corrected chi connectivity index (χ4v) is 2.11. The molecule has 3 nitrogen and oxygen atoms in total. The molecule has 101 valence electrons. The molecule has 2 aromatic carbocycles. The monoisotopic (exact) mass is 351 g/mol. The summed E-state index contributed by atoms with van der Waals surface area (Å²) >= 11 is 0. The largest absolute Gasteiger partial charge is 0.483 e. The van der Waals surface area contributed by atoms with Crippen molar-refractivity contribution in [1.82, 2.24) is 0 Å². The molecule has 20 heavy (non-hydrogen) atoms. The molecule has 1 aliphatic rings. The minimum absolute atomic E-state index is 0. The van der Waals surface area contributed by atoms with Gasteiger partial charge >= 0.3 is 0 Å². The molecule has 0 amide bonds. The number of ether oxygens (including phenoxy) is 1. The van der Waals surface area contributed by atoms with Crippen LogP contribution in [0.25, 0.3) is 4.85 Å². The Bertz CT molecular complexity index is 652. The number of benzene rings is 2. The maximum atomic E-state index is 6.90. The van der Waals surface area contributed by atoms with Crippen LogP contribution < -0.4 is 10.2 Å². The molecule has 0 atom stereocenters. The Labute approximate surface area is 131 Å². The first-order valence-corrected chi connectivity index (χ1v) is 6.08. The van der Waals surface area contributed by atoms with Crippen molar-refractivity contribution in [2.24, 2.45) is 0 Å². The molecule has 0 aliphatic carbocycles. The van der Waals surface area contributed by atoms with Gasteiger partial charge in [0.1, 0.15) is 5.75 Å². The topological polar surface area (TPSA) is 22.8 Å². The summed E-state index contributed by atoms with van der Waals surface area (Å²) < 4.78 is 11.3. The van der Waals surface area contributed by atoms with Gasteiger partial charge in [-0.2, -0.15) is 6.07 Å². The van der Waals surface area contributed by atoms with E-state index in [9.17, 15) is 0 Å². The molecule has 0 bridgehead atoms. The molecule has 0 unspecified atom stereocenters. The Balaban J connectivity index is 0.00000147. The van der Waals surface area contributed by atoms with E-state index in [-0.39, 0.29) is 26.4 Å². The summed E-state index contributed by atoms with van der Waals surface area (Å²) in [5.74, 6) is 1.38. The Kier molecular flexibility index (Phi) is 4.60. The molecule has 1 heterocycles. The van der Waals surface area contributed by atoms with E-state index in [1.165, 1.54) is 5.46 Å². The van der Waals surface area contributed by atoms with Crippen molar-refractivity contribution in [2.75, 3.05) is 0 Å². The summed E-state index contributed by atoms with van der Waals surface area (Å²) in [6, 6.07) is 14.0. The van der Waals surface area contributed by atoms with Gasteiger partial charge in [0.2, 0.25) is 0 Å². The van der Waals surface area contributed by atoms with E-state index in [0.29, 0.717) is 23.8 Å². The van der Waals surface area contributed by atoms with Gasteiger partial charge in [0.25, 0.3) is 6.92 Å². The van der Waals surface area contributed by atoms with E-state index in [2.05, 4.69) is 10.9 Å². The van der Waals surface area contributed by atoms with Gasteiger partial charge in [-0.15, -0.1) is 23.2 Å². The third-order valence-corrected chi connectivity index (χ3v) is 3.17. The Morgan fingerprint density at radius 3 is 2.80 bits per heavy atom. The van der Waals surface area contributed by atoms with E-state index < -0.39 is 0 Å². The molecular formula is C15H11BNO2Rh-. The minimum atomic E-state index is 0. The van der Waals surface area contributed by atoms with E-state index in [1.54, 1.807) is 24.3 Å². The van der Waals surface area contributed by atoms with Gasteiger partial charge < -0.3 is 9.39 Å². The fraction of sp³-hybridized carbons (Fsp3) is 0.133. The molecule has 1 aliphatic heterocycles. The van der Waals surface area contributed by atoms with E-state index in [4.69, 9.17) is 16.0 Å². The molecule has 0 N–H and O–H groups in total. The van der Waals surface area contributed by atoms with Gasteiger partial charge in [-0.05, 0) is 12.1 Å². The SMILES string of the molecule is [C-]#[N+]c1ccc(Oc2[c-]cc3c(c2)COB3C)cc1.[Rh]. The molecule has 0 saturated carbocycles. The Hall–Kier alpha value is -1.62. The molecule has 0 saturated heterocycles. The smallest absolute Gasteiger partial charge is 0.255 e. The number of nitrogens with zero attached hydrogens (tertiary/aromatic N) is 1. The standard InChI is InChI=1S/C15H11BNO2.Rh/c1-16-15-8-7-14(9-11(15)10-18-16)19-13-5-3-12(17-2)4-6-13;/h3-6,8-9H,10H2,1H3;/q-1;. The summed E-state index contributed by atoms with van der Waals surface area (Å²) in [5, 5.41) is 0. The van der Waals surface area contributed by atoms with Crippen LogP contribution in [0.5, 0.6) is 11.5 Å². The molecule has 0 spiro atoms. The van der Waals surface area contributed by atoms with Crippen molar-refractivity contribution in [3.63, 3.8) is 0 Å². The molecular weight excluding hydrogens is 340 g/mol. The summed E-state index contributed by atoms with van der Waals surface area (Å²) in [7, 11) is 0. The van der Waals surface area contributed by atoms with Crippen LogP contribution in [0.4, 0.5) is 5.69 Å². The van der Waals surface area contributed by atoms with Gasteiger partial charge in [0, 0.05) is 31.8 Å². The average Bonchev–Trinajstić information content (AvgIpc) is 2.81. The van der Waals surface area contributed by atoms with Crippen LogP contribution in [0, 0.1) is 12.6 Å². The summed E-state index contributed by atoms with van der Waals surface area (Å²) in [6.07, 6.45) is 0. The maximum Gasteiger partial charge on any atom is 0.255 e. The fourth-order valence-electron chi connectivity index (χ4n) is 2.11. The van der Waals surface area contributed by atoms with E-state index in [0.717, 1.165) is 5.56 Å². The van der Waals surface area contributed by atoms with Crippen molar-refractivity contribution in [3.05, 3.63) is 59.4 Å². The van der Waals surface area contributed by atoms with Crippen LogP contribution in [0.2, 0.25) is 6.82 Å². The van der Waals surface area contributed by atoms with Crippen molar-refractivity contribution in [3.8, 4) is 11.5 Å². The molecule has 1 radical (unpaired) electrons. The van der Waals surface area contributed by atoms with Crippen molar-refractivity contribution < 1.29 is 28.9 Å². The maximum absolute atomic E-state index is 6.90. The van der Waals surface area contributed by atoms with Crippen molar-refractivity contribution in [1.29, 1.82) is 0 Å². The Morgan fingerprint density at radius 1 is 1.35 bits per heavy atom. The van der Waals surface area contributed by atoms with Crippen molar-refractivity contribution >= 4 is 18.1 Å². The minimum Gasteiger partial charge on any atom is -0.483 e. The molecule has 0 fully saturated rings. The zero-order valence-electron chi connectivity index (χ0n) is 10.8. The first-order valence-electron chi connectivity index (χ1n) is 6.08. The molecule has 2 aromatic rings. The zero-order chi connectivity index (χ0) is 13.2. The zero-order valence-corrected chi connectivity index (χ0v) is 12.5. The van der Waals surface area contributed by atoms with Gasteiger partial charge in [-0.3, -0.25) is 0 Å². The predicted octanol–water partition coefficient (Wildman–Crippen LogP) is 3.19. The second-order valence-corrected chi connectivity index (χ2v) is 4.44. The molecule has 5 heteroatoms. The van der Waals surface area contributed by atoms with Crippen LogP contribution in [0.3, 0.4) is 0 Å². The summed E-state index contributed by atoms with van der Waals surface area (Å²) in [6.45, 7) is 9.69. The number of fused-ring (bicyclic) bond motifs is 1.